The molecule has 216 valence electrons. The molecule has 4 aliphatic rings. The summed E-state index contributed by atoms with van der Waals surface area (Å²) in [4.78, 5) is 35.0. The van der Waals surface area contributed by atoms with Gasteiger partial charge in [-0.2, -0.15) is 9.97 Å². The Labute approximate surface area is 245 Å². The van der Waals surface area contributed by atoms with Crippen LogP contribution in [0.4, 0.5) is 11.5 Å². The van der Waals surface area contributed by atoms with E-state index in [1.807, 2.05) is 12.1 Å². The summed E-state index contributed by atoms with van der Waals surface area (Å²) in [7, 11) is 5.38. The first kappa shape index (κ1) is 26.7. The number of rotatable bonds is 7. The molecule has 41 heavy (non-hydrogen) atoms. The lowest BCUT2D eigenvalue weighted by Crippen LogP contribution is -2.36. The topological polar surface area (TPSA) is 74.3 Å². The standard InChI is InChI=1S/C31H37ClN6O3/c1-35-13-6-9-20(35)18-41-31-33-25-17-37(26-11-5-8-19-7-4-10-24(32)27(19)26)14-12-21(25)29(34-31)38-15-22-23(16-38)28(22)30(39)36(2)40-3/h4-5,7-8,10-11,20,22-23,28H,6,9,12-18H2,1-3H3/t20?,22-,23+,28?. The lowest BCUT2D eigenvalue weighted by molar-refractivity contribution is -0.171. The van der Waals surface area contributed by atoms with Crippen molar-refractivity contribution >= 4 is 39.8 Å². The molecule has 3 aliphatic heterocycles. The molecule has 1 saturated carbocycles. The molecule has 0 bridgehead atoms. The number of fused-ring (bicyclic) bond motifs is 3. The van der Waals surface area contributed by atoms with E-state index in [4.69, 9.17) is 31.1 Å². The lowest BCUT2D eigenvalue weighted by atomic mass is 10.0. The second kappa shape index (κ2) is 10.6. The van der Waals surface area contributed by atoms with Crippen LogP contribution < -0.4 is 14.5 Å². The summed E-state index contributed by atoms with van der Waals surface area (Å²) in [6, 6.07) is 13.2. The van der Waals surface area contributed by atoms with Crippen LogP contribution in [0.15, 0.2) is 36.4 Å². The Kier molecular flexibility index (Phi) is 6.92. The number of anilines is 2. The number of likely N-dealkylation sites (N-methyl/N-ethyl adjacent to an activating group) is 1. The number of nitrogens with zero attached hydrogens (tertiary/aromatic N) is 6. The number of piperidine rings is 1. The molecule has 7 rings (SSSR count). The lowest BCUT2D eigenvalue weighted by Gasteiger charge is -2.34. The van der Waals surface area contributed by atoms with Gasteiger partial charge in [0.15, 0.2) is 0 Å². The van der Waals surface area contributed by atoms with Crippen LogP contribution in [-0.2, 0) is 22.6 Å². The van der Waals surface area contributed by atoms with Gasteiger partial charge >= 0.3 is 6.01 Å². The highest BCUT2D eigenvalue weighted by Gasteiger charge is 2.60. The van der Waals surface area contributed by atoms with Crippen molar-refractivity contribution in [3.05, 3.63) is 52.7 Å². The van der Waals surface area contributed by atoms with Gasteiger partial charge in [-0.3, -0.25) is 9.63 Å². The second-order valence-corrected chi connectivity index (χ2v) is 12.3. The molecule has 1 aliphatic carbocycles. The summed E-state index contributed by atoms with van der Waals surface area (Å²) in [6.45, 7) is 4.83. The first-order valence-corrected chi connectivity index (χ1v) is 15.0. The molecule has 10 heteroatoms. The molecule has 4 atom stereocenters. The van der Waals surface area contributed by atoms with E-state index in [-0.39, 0.29) is 11.8 Å². The van der Waals surface area contributed by atoms with E-state index in [2.05, 4.69) is 46.0 Å². The fourth-order valence-electron chi connectivity index (χ4n) is 7.19. The number of hydroxylamine groups is 2. The summed E-state index contributed by atoms with van der Waals surface area (Å²) in [6.07, 6.45) is 3.15. The van der Waals surface area contributed by atoms with Crippen LogP contribution in [0.2, 0.25) is 5.02 Å². The van der Waals surface area contributed by atoms with Crippen molar-refractivity contribution < 1.29 is 14.4 Å². The van der Waals surface area contributed by atoms with E-state index >= 15 is 0 Å². The number of benzene rings is 2. The van der Waals surface area contributed by atoms with E-state index in [9.17, 15) is 4.79 Å². The zero-order valence-electron chi connectivity index (χ0n) is 23.9. The van der Waals surface area contributed by atoms with Gasteiger partial charge in [-0.15, -0.1) is 0 Å². The first-order chi connectivity index (χ1) is 19.9. The van der Waals surface area contributed by atoms with Crippen molar-refractivity contribution in [3.63, 3.8) is 0 Å². The molecule has 4 heterocycles. The van der Waals surface area contributed by atoms with E-state index in [1.54, 1.807) is 7.05 Å². The minimum absolute atomic E-state index is 0.0362. The Morgan fingerprint density at radius 2 is 1.88 bits per heavy atom. The number of hydrogen-bond acceptors (Lipinski definition) is 8. The van der Waals surface area contributed by atoms with Crippen LogP contribution >= 0.6 is 11.6 Å². The number of amides is 1. The van der Waals surface area contributed by atoms with E-state index in [0.717, 1.165) is 72.0 Å². The van der Waals surface area contributed by atoms with Crippen LogP contribution in [-0.4, -0.2) is 85.9 Å². The maximum atomic E-state index is 12.7. The van der Waals surface area contributed by atoms with Crippen molar-refractivity contribution in [2.24, 2.45) is 17.8 Å². The quantitative estimate of drug-likeness (QED) is 0.391. The van der Waals surface area contributed by atoms with Crippen LogP contribution in [0.25, 0.3) is 10.8 Å². The molecular weight excluding hydrogens is 540 g/mol. The third-order valence-corrected chi connectivity index (χ3v) is 9.95. The summed E-state index contributed by atoms with van der Waals surface area (Å²) in [5, 5.41) is 4.33. The third-order valence-electron chi connectivity index (χ3n) is 9.63. The van der Waals surface area contributed by atoms with Gasteiger partial charge in [0.2, 0.25) is 5.91 Å². The minimum atomic E-state index is 0.0362. The van der Waals surface area contributed by atoms with Gasteiger partial charge in [0, 0.05) is 49.4 Å². The summed E-state index contributed by atoms with van der Waals surface area (Å²) in [5.74, 6) is 1.74. The Morgan fingerprint density at radius 1 is 1.10 bits per heavy atom. The Hall–Kier alpha value is -3.14. The third kappa shape index (κ3) is 4.77. The molecule has 3 fully saturated rings. The summed E-state index contributed by atoms with van der Waals surface area (Å²) < 4.78 is 6.29. The van der Waals surface area contributed by atoms with E-state index < -0.39 is 0 Å². The molecule has 9 nitrogen and oxygen atoms in total. The Balaban J connectivity index is 1.18. The van der Waals surface area contributed by atoms with Gasteiger partial charge < -0.3 is 19.4 Å². The van der Waals surface area contributed by atoms with Crippen molar-refractivity contribution in [3.8, 4) is 6.01 Å². The van der Waals surface area contributed by atoms with Crippen LogP contribution in [0.3, 0.4) is 0 Å². The van der Waals surface area contributed by atoms with Gasteiger partial charge in [-0.25, -0.2) is 5.06 Å². The van der Waals surface area contributed by atoms with Crippen molar-refractivity contribution in [2.75, 3.05) is 63.8 Å². The van der Waals surface area contributed by atoms with Gasteiger partial charge in [0.25, 0.3) is 0 Å². The normalized spacial score (nSPS) is 25.4. The zero-order chi connectivity index (χ0) is 28.2. The largest absolute Gasteiger partial charge is 0.462 e. The number of halogens is 1. The van der Waals surface area contributed by atoms with Gasteiger partial charge in [-0.1, -0.05) is 35.9 Å². The van der Waals surface area contributed by atoms with Crippen LogP contribution in [0.1, 0.15) is 24.1 Å². The number of ether oxygens (including phenoxy) is 1. The summed E-state index contributed by atoms with van der Waals surface area (Å²) >= 11 is 6.70. The molecule has 2 saturated heterocycles. The molecule has 3 aromatic rings. The maximum absolute atomic E-state index is 12.7. The Bertz CT molecular complexity index is 1470. The minimum Gasteiger partial charge on any atom is -0.462 e. The molecule has 2 aromatic carbocycles. The maximum Gasteiger partial charge on any atom is 0.318 e. The SMILES string of the molecule is CON(C)C(=O)C1[C@H]2CN(c3nc(OCC4CCCN4C)nc4c3CCN(c3cccc5cccc(Cl)c35)C4)C[C@@H]12. The summed E-state index contributed by atoms with van der Waals surface area (Å²) in [5.41, 5.74) is 3.32. The number of carbonyl (C=O) groups is 1. The number of likely N-dealkylation sites (tertiary alicyclic amines) is 1. The van der Waals surface area contributed by atoms with Crippen molar-refractivity contribution in [2.45, 2.75) is 31.8 Å². The Morgan fingerprint density at radius 3 is 2.61 bits per heavy atom. The van der Waals surface area contributed by atoms with Gasteiger partial charge in [-0.05, 0) is 62.2 Å². The highest BCUT2D eigenvalue weighted by molar-refractivity contribution is 6.36. The highest BCUT2D eigenvalue weighted by atomic mass is 35.5. The number of hydrogen-bond donors (Lipinski definition) is 0. The highest BCUT2D eigenvalue weighted by Crippen LogP contribution is 2.53. The molecule has 0 spiro atoms. The second-order valence-electron chi connectivity index (χ2n) is 11.9. The van der Waals surface area contributed by atoms with Crippen LogP contribution in [0.5, 0.6) is 6.01 Å². The van der Waals surface area contributed by atoms with Gasteiger partial charge in [0.05, 0.1) is 30.3 Å². The van der Waals surface area contributed by atoms with Crippen molar-refractivity contribution in [1.29, 1.82) is 0 Å². The monoisotopic (exact) mass is 576 g/mol. The van der Waals surface area contributed by atoms with Crippen LogP contribution in [0, 0.1) is 17.8 Å². The number of aromatic nitrogens is 2. The molecule has 0 radical (unpaired) electrons. The fourth-order valence-corrected chi connectivity index (χ4v) is 7.46. The molecular formula is C31H37ClN6O3. The zero-order valence-corrected chi connectivity index (χ0v) is 24.7. The predicted molar refractivity (Wildman–Crippen MR) is 159 cm³/mol. The van der Waals surface area contributed by atoms with Crippen molar-refractivity contribution in [1.82, 2.24) is 19.9 Å². The van der Waals surface area contributed by atoms with E-state index in [1.165, 1.54) is 24.2 Å². The molecule has 0 N–H and O–H groups in total. The van der Waals surface area contributed by atoms with Gasteiger partial charge in [0.1, 0.15) is 12.4 Å². The van der Waals surface area contributed by atoms with E-state index in [0.29, 0.717) is 37.0 Å². The average molecular weight is 577 g/mol. The first-order valence-electron chi connectivity index (χ1n) is 14.6. The molecule has 2 unspecified atom stereocenters. The average Bonchev–Trinajstić information content (AvgIpc) is 3.26. The molecule has 1 aromatic heterocycles. The predicted octanol–water partition coefficient (Wildman–Crippen LogP) is 4.02. The fraction of sp³-hybridized carbons (Fsp3) is 0.516. The number of carbonyl (C=O) groups excluding carboxylic acids is 1. The molecule has 1 amide bonds. The smallest absolute Gasteiger partial charge is 0.318 e.